The Labute approximate surface area is 217 Å². The van der Waals surface area contributed by atoms with Crippen molar-refractivity contribution in [2.75, 3.05) is 14.2 Å². The van der Waals surface area contributed by atoms with E-state index in [2.05, 4.69) is 18.2 Å². The van der Waals surface area contributed by atoms with Gasteiger partial charge in [0.25, 0.3) is 5.56 Å². The molecular weight excluding hydrogens is 492 g/mol. The van der Waals surface area contributed by atoms with Gasteiger partial charge in [0.05, 0.1) is 30.5 Å². The van der Waals surface area contributed by atoms with Gasteiger partial charge in [-0.15, -0.1) is 0 Å². The molecule has 0 bridgehead atoms. The molecule has 0 saturated carbocycles. The molecule has 0 saturated heterocycles. The van der Waals surface area contributed by atoms with Crippen LogP contribution in [0.5, 0.6) is 11.5 Å². The molecule has 2 aliphatic rings. The van der Waals surface area contributed by atoms with Crippen molar-refractivity contribution >= 4 is 34.7 Å². The van der Waals surface area contributed by atoms with Gasteiger partial charge in [0, 0.05) is 16.1 Å². The summed E-state index contributed by atoms with van der Waals surface area (Å²) in [6.07, 6.45) is 3.60. The molecule has 0 amide bonds. The number of nitrogens with zero attached hydrogens (tertiary/aromatic N) is 2. The average molecular weight is 515 g/mol. The summed E-state index contributed by atoms with van der Waals surface area (Å²) in [6.45, 7) is 0. The molecule has 0 radical (unpaired) electrons. The molecule has 1 atom stereocenters. The van der Waals surface area contributed by atoms with Gasteiger partial charge in [-0.3, -0.25) is 9.36 Å². The van der Waals surface area contributed by atoms with Crippen molar-refractivity contribution in [1.29, 1.82) is 0 Å². The van der Waals surface area contributed by atoms with Crippen LogP contribution in [0, 0.1) is 0 Å². The molecule has 2 heterocycles. The lowest BCUT2D eigenvalue weighted by Crippen LogP contribution is -2.39. The summed E-state index contributed by atoms with van der Waals surface area (Å²) in [6, 6.07) is 21.2. The van der Waals surface area contributed by atoms with Crippen LogP contribution in [0.2, 0.25) is 5.02 Å². The molecule has 7 heteroatoms. The number of fused-ring (bicyclic) bond motifs is 3. The zero-order chi connectivity index (χ0) is 24.8. The molecule has 4 aromatic rings. The predicted molar refractivity (Wildman–Crippen MR) is 144 cm³/mol. The van der Waals surface area contributed by atoms with Gasteiger partial charge in [-0.1, -0.05) is 59.3 Å². The Morgan fingerprint density at radius 2 is 1.83 bits per heavy atom. The molecule has 180 valence electrons. The first-order valence-electron chi connectivity index (χ1n) is 11.7. The lowest BCUT2D eigenvalue weighted by atomic mass is 9.83. The summed E-state index contributed by atoms with van der Waals surface area (Å²) in [5, 5.41) is 0.657. The number of methoxy groups -OCH3 is 2. The van der Waals surface area contributed by atoms with E-state index >= 15 is 0 Å². The van der Waals surface area contributed by atoms with Gasteiger partial charge < -0.3 is 9.47 Å². The number of halogens is 1. The molecule has 0 spiro atoms. The summed E-state index contributed by atoms with van der Waals surface area (Å²) in [5.41, 5.74) is 6.19. The van der Waals surface area contributed by atoms with E-state index in [9.17, 15) is 4.79 Å². The van der Waals surface area contributed by atoms with Gasteiger partial charge in [0.2, 0.25) is 0 Å². The maximum Gasteiger partial charge on any atom is 0.271 e. The first kappa shape index (κ1) is 22.8. The highest BCUT2D eigenvalue weighted by Crippen LogP contribution is 2.44. The molecule has 1 aliphatic heterocycles. The third-order valence-corrected chi connectivity index (χ3v) is 8.01. The van der Waals surface area contributed by atoms with Gasteiger partial charge >= 0.3 is 0 Å². The summed E-state index contributed by atoms with van der Waals surface area (Å²) in [4.78, 5) is 19.6. The fraction of sp³-hybridized carbons (Fsp3) is 0.172. The van der Waals surface area contributed by atoms with Crippen LogP contribution in [0.3, 0.4) is 0 Å². The number of hydrogen-bond donors (Lipinski definition) is 0. The minimum Gasteiger partial charge on any atom is -0.497 e. The fourth-order valence-corrected chi connectivity index (χ4v) is 6.19. The Hall–Kier alpha value is -3.61. The van der Waals surface area contributed by atoms with Crippen LogP contribution in [0.1, 0.15) is 34.7 Å². The second kappa shape index (κ2) is 9.12. The van der Waals surface area contributed by atoms with Crippen LogP contribution in [-0.4, -0.2) is 18.8 Å². The molecule has 3 aromatic carbocycles. The highest BCUT2D eigenvalue weighted by molar-refractivity contribution is 7.07. The molecule has 5 nitrogen and oxygen atoms in total. The molecule has 0 fully saturated rings. The highest BCUT2D eigenvalue weighted by atomic mass is 35.5. The van der Waals surface area contributed by atoms with E-state index in [1.807, 2.05) is 59.2 Å². The third kappa shape index (κ3) is 3.77. The Balaban J connectivity index is 1.65. The second-order valence-electron chi connectivity index (χ2n) is 8.77. The minimum atomic E-state index is -0.345. The quantitative estimate of drug-likeness (QED) is 0.385. The first-order chi connectivity index (χ1) is 17.6. The molecular formula is C29H23ClN2O3S. The standard InChI is InChI=1S/C29H23ClN2O3S/c1-34-20-12-14-24(35-2)23(16-20)27-22-13-9-18-5-3-4-6-21(18)26(22)31-29-32(27)28(33)25(36-29)15-17-7-10-19(30)11-8-17/h3-8,10-12,14-16,27H,9,13H2,1-2H3. The SMILES string of the molecule is COc1ccc(OC)c(C2C3=C(N=c4sc(=Cc5ccc(Cl)cc5)c(=O)n42)c2ccccc2CC3)c1. The van der Waals surface area contributed by atoms with E-state index < -0.39 is 0 Å². The monoisotopic (exact) mass is 514 g/mol. The maximum atomic E-state index is 13.9. The zero-order valence-corrected chi connectivity index (χ0v) is 21.4. The number of allylic oxidation sites excluding steroid dienone is 1. The molecule has 1 aromatic heterocycles. The van der Waals surface area contributed by atoms with E-state index in [1.54, 1.807) is 14.2 Å². The molecule has 36 heavy (non-hydrogen) atoms. The van der Waals surface area contributed by atoms with E-state index in [-0.39, 0.29) is 11.6 Å². The van der Waals surface area contributed by atoms with Crippen molar-refractivity contribution < 1.29 is 9.47 Å². The second-order valence-corrected chi connectivity index (χ2v) is 10.2. The Bertz CT molecular complexity index is 1700. The van der Waals surface area contributed by atoms with Crippen LogP contribution in [0.15, 0.2) is 82.1 Å². The van der Waals surface area contributed by atoms with Gasteiger partial charge in [0.15, 0.2) is 4.80 Å². The summed E-state index contributed by atoms with van der Waals surface area (Å²) in [5.74, 6) is 1.42. The van der Waals surface area contributed by atoms with E-state index in [0.29, 0.717) is 25.9 Å². The van der Waals surface area contributed by atoms with Gasteiger partial charge in [0.1, 0.15) is 11.5 Å². The first-order valence-corrected chi connectivity index (χ1v) is 12.9. The number of rotatable bonds is 4. The van der Waals surface area contributed by atoms with Gasteiger partial charge in [-0.2, -0.15) is 0 Å². The van der Waals surface area contributed by atoms with Crippen molar-refractivity contribution in [1.82, 2.24) is 4.57 Å². The summed E-state index contributed by atoms with van der Waals surface area (Å²) < 4.78 is 13.8. The van der Waals surface area contributed by atoms with Crippen molar-refractivity contribution in [2.45, 2.75) is 18.9 Å². The van der Waals surface area contributed by atoms with Crippen molar-refractivity contribution in [3.63, 3.8) is 0 Å². The van der Waals surface area contributed by atoms with Crippen LogP contribution in [0.25, 0.3) is 11.8 Å². The highest BCUT2D eigenvalue weighted by Gasteiger charge is 2.34. The molecule has 1 aliphatic carbocycles. The third-order valence-electron chi connectivity index (χ3n) is 6.77. The van der Waals surface area contributed by atoms with Crippen molar-refractivity contribution in [3.8, 4) is 11.5 Å². The van der Waals surface area contributed by atoms with E-state index in [0.717, 1.165) is 40.8 Å². The van der Waals surface area contributed by atoms with Crippen LogP contribution in [0.4, 0.5) is 0 Å². The Kier molecular flexibility index (Phi) is 5.78. The number of hydrogen-bond acceptors (Lipinski definition) is 5. The van der Waals surface area contributed by atoms with E-state index in [4.69, 9.17) is 26.1 Å². The lowest BCUT2D eigenvalue weighted by Gasteiger charge is -2.31. The number of aryl methyl sites for hydroxylation is 1. The minimum absolute atomic E-state index is 0.0750. The largest absolute Gasteiger partial charge is 0.497 e. The number of thiazole rings is 1. The fourth-order valence-electron chi connectivity index (χ4n) is 5.06. The van der Waals surface area contributed by atoms with Crippen molar-refractivity contribution in [2.24, 2.45) is 4.99 Å². The summed E-state index contributed by atoms with van der Waals surface area (Å²) in [7, 11) is 3.30. The number of benzene rings is 3. The average Bonchev–Trinajstić information content (AvgIpc) is 3.22. The molecule has 0 N–H and O–H groups in total. The topological polar surface area (TPSA) is 52.8 Å². The number of ether oxygens (including phenoxy) is 2. The normalized spacial score (nSPS) is 16.6. The Morgan fingerprint density at radius 1 is 1.03 bits per heavy atom. The number of aromatic nitrogens is 1. The van der Waals surface area contributed by atoms with Gasteiger partial charge in [-0.05, 0) is 65.9 Å². The smallest absolute Gasteiger partial charge is 0.271 e. The van der Waals surface area contributed by atoms with Crippen molar-refractivity contribution in [3.05, 3.63) is 119 Å². The Morgan fingerprint density at radius 3 is 2.61 bits per heavy atom. The lowest BCUT2D eigenvalue weighted by molar-refractivity contribution is 0.392. The maximum absolute atomic E-state index is 13.9. The van der Waals surface area contributed by atoms with Gasteiger partial charge in [-0.25, -0.2) is 4.99 Å². The predicted octanol–water partition coefficient (Wildman–Crippen LogP) is 4.99. The zero-order valence-electron chi connectivity index (χ0n) is 19.8. The molecule has 6 rings (SSSR count). The molecule has 1 unspecified atom stereocenters. The summed E-state index contributed by atoms with van der Waals surface area (Å²) >= 11 is 7.46. The van der Waals surface area contributed by atoms with Crippen LogP contribution in [-0.2, 0) is 6.42 Å². The van der Waals surface area contributed by atoms with Crippen LogP contribution >= 0.6 is 22.9 Å². The van der Waals surface area contributed by atoms with E-state index in [1.165, 1.54) is 16.9 Å². The van der Waals surface area contributed by atoms with Crippen LogP contribution < -0.4 is 24.4 Å².